The first kappa shape index (κ1) is 67.6. The van der Waals surface area contributed by atoms with Gasteiger partial charge >= 0.3 is 0 Å². The second-order valence-electron chi connectivity index (χ2n) is 29.5. The average molecular weight is 1420 g/mol. The van der Waals surface area contributed by atoms with Crippen molar-refractivity contribution in [3.8, 4) is 78.6 Å². The molecule has 12 aromatic rings. The Kier molecular flexibility index (Phi) is 17.3. The van der Waals surface area contributed by atoms with Crippen molar-refractivity contribution in [1.29, 1.82) is 0 Å². The van der Waals surface area contributed by atoms with Gasteiger partial charge in [-0.25, -0.2) is 19.9 Å². The van der Waals surface area contributed by atoms with Crippen LogP contribution in [0.1, 0.15) is 163 Å². The minimum absolute atomic E-state index is 0.363. The smallest absolute Gasteiger partial charge is 0.127 e. The lowest BCUT2D eigenvalue weighted by Gasteiger charge is -2.22. The van der Waals surface area contributed by atoms with Crippen LogP contribution in [0.15, 0.2) is 146 Å². The molecule has 8 aliphatic rings. The molecule has 0 saturated carbocycles. The largest absolute Gasteiger partial charge is 0.488 e. The van der Waals surface area contributed by atoms with Gasteiger partial charge in [0, 0.05) is 111 Å². The van der Waals surface area contributed by atoms with Gasteiger partial charge in [-0.3, -0.25) is 0 Å². The Bertz CT molecular complexity index is 5840. The van der Waals surface area contributed by atoms with E-state index in [2.05, 4.69) is 283 Å². The molecule has 534 valence electrons. The van der Waals surface area contributed by atoms with Gasteiger partial charge in [-0.2, -0.15) is 0 Å². The lowest BCUT2D eigenvalue weighted by molar-refractivity contribution is 0.301. The number of nitrogens with one attached hydrogen (secondary N) is 4. The average Bonchev–Trinajstić information content (AvgIpc) is 1.58. The molecule has 12 heteroatoms. The van der Waals surface area contributed by atoms with Crippen molar-refractivity contribution in [3.05, 3.63) is 269 Å². The summed E-state index contributed by atoms with van der Waals surface area (Å²) in [5, 5.41) is 0. The molecule has 4 N–H and O–H groups in total. The monoisotopic (exact) mass is 1410 g/mol. The zero-order valence-electron chi connectivity index (χ0n) is 63.0. The molecule has 0 radical (unpaired) electrons. The Morgan fingerprint density at radius 3 is 0.741 bits per heavy atom. The van der Waals surface area contributed by atoms with E-state index in [1.54, 1.807) is 0 Å². The van der Waals surface area contributed by atoms with Crippen molar-refractivity contribution < 1.29 is 18.9 Å². The maximum atomic E-state index is 7.21. The number of benzene rings is 6. The molecule has 20 rings (SSSR count). The summed E-state index contributed by atoms with van der Waals surface area (Å²) < 4.78 is 28.6. The highest BCUT2D eigenvalue weighted by molar-refractivity contribution is 6.05. The number of aryl methyl sites for hydroxylation is 2. The minimum atomic E-state index is 0.363. The van der Waals surface area contributed by atoms with Gasteiger partial charge in [0.15, 0.2) is 0 Å². The molecule has 6 aromatic heterocycles. The summed E-state index contributed by atoms with van der Waals surface area (Å²) in [6.07, 6.45) is 22.9. The van der Waals surface area contributed by atoms with E-state index < -0.39 is 0 Å². The van der Waals surface area contributed by atoms with E-state index in [4.69, 9.17) is 38.9 Å². The molecule has 0 atom stereocenters. The summed E-state index contributed by atoms with van der Waals surface area (Å²) in [5.41, 5.74) is 39.0. The summed E-state index contributed by atoms with van der Waals surface area (Å²) >= 11 is 0. The van der Waals surface area contributed by atoms with E-state index in [0.29, 0.717) is 26.4 Å². The topological polar surface area (TPSA) is 152 Å². The van der Waals surface area contributed by atoms with E-state index in [-0.39, 0.29) is 0 Å². The van der Waals surface area contributed by atoms with Crippen molar-refractivity contribution in [2.75, 3.05) is 0 Å². The molecular formula is C96H86N8O4. The lowest BCUT2D eigenvalue weighted by atomic mass is 9.89. The SMILES string of the molecule is CCCCc1c2nc(c3c4ccc([nH]4)c(c4nc(c(-c5c6nc(c7c8ccc([nH]8)c(c8nc(c(CCCC)c9ccc5[nH]9)C=C8)-c5ccccc5OCc5c(C)c(C)c(c(C)c5C)COc5ccccc5-7)C=C6)c5ccc1[nH]5)C=C4)-c1ccccc1OCc1c(C)c(C)c(c(C)c1C)COc1ccccc1-3)C=C2. The Hall–Kier alpha value is -12.3. The molecular weight excluding hydrogens is 1330 g/mol. The number of ether oxygens (including phenoxy) is 4. The number of aromatic nitrogens is 8. The Labute approximate surface area is 629 Å². The van der Waals surface area contributed by atoms with Crippen LogP contribution in [0.25, 0.3) is 148 Å². The molecule has 0 amide bonds. The summed E-state index contributed by atoms with van der Waals surface area (Å²) in [6.45, 7) is 23.8. The standard InChI is InChI=1S/C96H86N8O4/c1-11-13-23-61-71-33-37-75(97-71)91-63-25-15-19-29-87(63)105-49-67-53(3)57(7)69(58(8)54(67)4)51-107-89-31-21-17-27-65(89)93(79-43-41-77(91)101-79)81-45-47-85(103-81)95(83-39-35-73(61)99-83)96-84-40-36-74(100-84)62(24-14-12-2)72-34-38-76(98-72)92-64-26-16-20-30-88(64)106-50-68-55(5)59(9)70(60(10)56(68)6)52-108-90-32-22-18-28-66(90)94(80-44-42-78(92)102-80)82-46-48-86(96)104-82/h15-22,25-48,99-102H,11-14,23-24,49-52H2,1-10H3. The van der Waals surface area contributed by atoms with Crippen LogP contribution in [0.3, 0.4) is 0 Å². The van der Waals surface area contributed by atoms with Crippen molar-refractivity contribution in [1.82, 2.24) is 39.9 Å². The van der Waals surface area contributed by atoms with Gasteiger partial charge in [-0.05, 0) is 269 Å². The van der Waals surface area contributed by atoms with Crippen LogP contribution >= 0.6 is 0 Å². The fraction of sp³-hybridized carbons (Fsp3) is 0.208. The number of rotatable bonds is 7. The number of hydrogen-bond donors (Lipinski definition) is 4. The van der Waals surface area contributed by atoms with Crippen LogP contribution in [-0.2, 0) is 39.3 Å². The predicted molar refractivity (Wildman–Crippen MR) is 444 cm³/mol. The van der Waals surface area contributed by atoms with Crippen LogP contribution in [0.4, 0.5) is 0 Å². The van der Waals surface area contributed by atoms with Gasteiger partial charge in [0.2, 0.25) is 0 Å². The molecule has 12 nitrogen and oxygen atoms in total. The second kappa shape index (κ2) is 27.6. The van der Waals surface area contributed by atoms with Crippen molar-refractivity contribution in [2.24, 2.45) is 0 Å². The van der Waals surface area contributed by atoms with E-state index >= 15 is 0 Å². The van der Waals surface area contributed by atoms with Crippen LogP contribution in [0, 0.1) is 55.4 Å². The van der Waals surface area contributed by atoms with Crippen LogP contribution in [-0.4, -0.2) is 39.9 Å². The molecule has 0 spiro atoms. The first-order chi connectivity index (χ1) is 52.8. The summed E-state index contributed by atoms with van der Waals surface area (Å²) in [4.78, 5) is 39.7. The number of aromatic amines is 4. The molecule has 108 heavy (non-hydrogen) atoms. The fourth-order valence-corrected chi connectivity index (χ4v) is 17.0. The number of hydrogen-bond acceptors (Lipinski definition) is 8. The predicted octanol–water partition coefficient (Wildman–Crippen LogP) is 24.1. The maximum absolute atomic E-state index is 7.21. The van der Waals surface area contributed by atoms with E-state index in [9.17, 15) is 0 Å². The van der Waals surface area contributed by atoms with E-state index in [0.717, 1.165) is 229 Å². The third-order valence-corrected chi connectivity index (χ3v) is 23.5. The molecule has 24 bridgehead atoms. The van der Waals surface area contributed by atoms with Gasteiger partial charge in [0.25, 0.3) is 0 Å². The minimum Gasteiger partial charge on any atom is -0.488 e. The Morgan fingerprint density at radius 2 is 0.472 bits per heavy atom. The Morgan fingerprint density at radius 1 is 0.259 bits per heavy atom. The number of unbranched alkanes of at least 4 members (excludes halogenated alkanes) is 2. The normalized spacial score (nSPS) is 13.3. The summed E-state index contributed by atoms with van der Waals surface area (Å²) in [7, 11) is 0. The highest BCUT2D eigenvalue weighted by atomic mass is 16.5. The second-order valence-corrected chi connectivity index (χ2v) is 29.5. The molecule has 0 unspecified atom stereocenters. The molecule has 0 aliphatic carbocycles. The molecule has 8 aliphatic heterocycles. The van der Waals surface area contributed by atoms with Gasteiger partial charge < -0.3 is 38.9 Å². The van der Waals surface area contributed by atoms with Crippen LogP contribution in [0.2, 0.25) is 0 Å². The third kappa shape index (κ3) is 11.6. The van der Waals surface area contributed by atoms with Crippen LogP contribution < -0.4 is 18.9 Å². The molecule has 0 saturated heterocycles. The van der Waals surface area contributed by atoms with Crippen molar-refractivity contribution >= 4 is 92.7 Å². The highest BCUT2D eigenvalue weighted by Gasteiger charge is 2.28. The summed E-state index contributed by atoms with van der Waals surface area (Å²) in [5.74, 6) is 3.01. The zero-order valence-corrected chi connectivity index (χ0v) is 63.0. The zero-order chi connectivity index (χ0) is 73.6. The highest BCUT2D eigenvalue weighted by Crippen LogP contribution is 2.47. The number of H-pyrrole nitrogens is 4. The summed E-state index contributed by atoms with van der Waals surface area (Å²) in [6, 6.07) is 51.3. The quantitative estimate of drug-likeness (QED) is 0.123. The number of para-hydroxylation sites is 4. The number of nitrogens with zero attached hydrogens (tertiary/aromatic N) is 4. The molecule has 14 heterocycles. The maximum Gasteiger partial charge on any atom is 0.127 e. The van der Waals surface area contributed by atoms with Crippen molar-refractivity contribution in [3.63, 3.8) is 0 Å². The molecule has 0 fully saturated rings. The van der Waals surface area contributed by atoms with Gasteiger partial charge in [-0.1, -0.05) is 99.5 Å². The fourth-order valence-electron chi connectivity index (χ4n) is 17.0. The van der Waals surface area contributed by atoms with Crippen molar-refractivity contribution in [2.45, 2.75) is 134 Å². The Balaban J connectivity index is 0.979. The molecule has 6 aromatic carbocycles. The number of fused-ring (bicyclic) bond motifs is 20. The lowest BCUT2D eigenvalue weighted by Crippen LogP contribution is -2.10. The first-order valence-electron chi connectivity index (χ1n) is 38.1. The van der Waals surface area contributed by atoms with Gasteiger partial charge in [0.05, 0.1) is 45.6 Å². The van der Waals surface area contributed by atoms with E-state index in [1.165, 1.54) is 55.6 Å². The third-order valence-electron chi connectivity index (χ3n) is 23.5. The van der Waals surface area contributed by atoms with E-state index in [1.807, 2.05) is 0 Å². The first-order valence-corrected chi connectivity index (χ1v) is 38.1. The van der Waals surface area contributed by atoms with Crippen LogP contribution in [0.5, 0.6) is 23.0 Å². The van der Waals surface area contributed by atoms with Gasteiger partial charge in [0.1, 0.15) is 49.4 Å². The van der Waals surface area contributed by atoms with Gasteiger partial charge in [-0.15, -0.1) is 0 Å².